The minimum atomic E-state index is -0.422. The van der Waals surface area contributed by atoms with Gasteiger partial charge in [-0.05, 0) is 24.6 Å². The number of nitrogens with one attached hydrogen (secondary N) is 1. The summed E-state index contributed by atoms with van der Waals surface area (Å²) >= 11 is 0. The number of amides is 1. The molecule has 0 aliphatic rings. The molecule has 1 amide bonds. The Balaban J connectivity index is 1.59. The van der Waals surface area contributed by atoms with Crippen LogP contribution in [0.25, 0.3) is 22.5 Å². The summed E-state index contributed by atoms with van der Waals surface area (Å²) in [4.78, 5) is 25.5. The Bertz CT molecular complexity index is 1400. The van der Waals surface area contributed by atoms with E-state index in [1.807, 2.05) is 73.7 Å². The molecule has 0 saturated heterocycles. The molecule has 1 N–H and O–H groups in total. The number of rotatable bonds is 8. The minimum Gasteiger partial charge on any atom is -0.496 e. The molecule has 1 heterocycles. The molecule has 6 heteroatoms. The molecule has 0 bridgehead atoms. The van der Waals surface area contributed by atoms with E-state index >= 15 is 0 Å². The molecular formula is C29H24N2O4. The van der Waals surface area contributed by atoms with Crippen molar-refractivity contribution in [2.24, 2.45) is 0 Å². The Hall–Kier alpha value is -4.63. The maximum atomic E-state index is 12.8. The molecule has 1 aromatic heterocycles. The van der Waals surface area contributed by atoms with Crippen molar-refractivity contribution >= 4 is 17.6 Å². The van der Waals surface area contributed by atoms with Crippen LogP contribution in [-0.2, 0) is 4.79 Å². The fourth-order valence-corrected chi connectivity index (χ4v) is 3.89. The lowest BCUT2D eigenvalue weighted by Crippen LogP contribution is -2.14. The first-order valence-corrected chi connectivity index (χ1v) is 11.2. The summed E-state index contributed by atoms with van der Waals surface area (Å²) in [5.74, 6) is 0.406. The van der Waals surface area contributed by atoms with Crippen LogP contribution in [0, 0.1) is 18.3 Å². The number of nitriles is 1. The van der Waals surface area contributed by atoms with Crippen molar-refractivity contribution in [2.45, 2.75) is 19.8 Å². The van der Waals surface area contributed by atoms with Gasteiger partial charge in [-0.3, -0.25) is 14.9 Å². The maximum absolute atomic E-state index is 12.8. The highest BCUT2D eigenvalue weighted by Gasteiger charge is 2.24. The number of ether oxygens (including phenoxy) is 1. The van der Waals surface area contributed by atoms with Gasteiger partial charge in [-0.25, -0.2) is 0 Å². The van der Waals surface area contributed by atoms with Gasteiger partial charge in [-0.2, -0.15) is 5.26 Å². The Kier molecular flexibility index (Phi) is 7.08. The molecule has 3 aromatic carbocycles. The molecule has 0 atom stereocenters. The third-order valence-corrected chi connectivity index (χ3v) is 5.61. The smallest absolute Gasteiger partial charge is 0.227 e. The first kappa shape index (κ1) is 23.5. The number of hydrogen-bond acceptors (Lipinski definition) is 5. The van der Waals surface area contributed by atoms with E-state index in [1.165, 1.54) is 7.11 Å². The van der Waals surface area contributed by atoms with E-state index in [1.54, 1.807) is 12.1 Å². The monoisotopic (exact) mass is 464 g/mol. The third kappa shape index (κ3) is 5.15. The Morgan fingerprint density at radius 2 is 1.60 bits per heavy atom. The van der Waals surface area contributed by atoms with Crippen molar-refractivity contribution in [3.63, 3.8) is 0 Å². The number of hydrogen-bond donors (Lipinski definition) is 1. The van der Waals surface area contributed by atoms with Gasteiger partial charge in [-0.15, -0.1) is 0 Å². The SMILES string of the molecule is COc1ccc(C)cc1C(=O)CCC(=O)Nc1oc(-c2ccccc2)c(-c2ccccc2)c1C#N. The Morgan fingerprint density at radius 1 is 0.943 bits per heavy atom. The van der Waals surface area contributed by atoms with E-state index in [4.69, 9.17) is 9.15 Å². The number of nitrogens with zero attached hydrogens (tertiary/aromatic N) is 1. The zero-order chi connectivity index (χ0) is 24.8. The van der Waals surface area contributed by atoms with Gasteiger partial charge in [0.25, 0.3) is 0 Å². The number of furan rings is 1. The highest BCUT2D eigenvalue weighted by atomic mass is 16.5. The van der Waals surface area contributed by atoms with Crippen LogP contribution < -0.4 is 10.1 Å². The second-order valence-electron chi connectivity index (χ2n) is 8.03. The molecule has 0 unspecified atom stereocenters. The lowest BCUT2D eigenvalue weighted by atomic mass is 9.98. The summed E-state index contributed by atoms with van der Waals surface area (Å²) in [6, 6.07) is 26.3. The van der Waals surface area contributed by atoms with Crippen LogP contribution in [0.1, 0.15) is 34.3 Å². The molecule has 6 nitrogen and oxygen atoms in total. The Labute approximate surface area is 203 Å². The van der Waals surface area contributed by atoms with E-state index in [2.05, 4.69) is 11.4 Å². The molecule has 0 fully saturated rings. The van der Waals surface area contributed by atoms with Gasteiger partial charge in [0, 0.05) is 24.0 Å². The van der Waals surface area contributed by atoms with Crippen molar-refractivity contribution < 1.29 is 18.7 Å². The molecule has 35 heavy (non-hydrogen) atoms. The zero-order valence-electron chi connectivity index (χ0n) is 19.5. The predicted molar refractivity (Wildman–Crippen MR) is 134 cm³/mol. The number of carbonyl (C=O) groups is 2. The maximum Gasteiger partial charge on any atom is 0.227 e. The zero-order valence-corrected chi connectivity index (χ0v) is 19.5. The molecule has 0 radical (unpaired) electrons. The Morgan fingerprint density at radius 3 is 2.23 bits per heavy atom. The van der Waals surface area contributed by atoms with Crippen molar-refractivity contribution in [1.82, 2.24) is 0 Å². The van der Waals surface area contributed by atoms with Crippen LogP contribution in [0.5, 0.6) is 5.75 Å². The fraction of sp³-hybridized carbons (Fsp3) is 0.138. The van der Waals surface area contributed by atoms with Crippen LogP contribution >= 0.6 is 0 Å². The molecular weight excluding hydrogens is 440 g/mol. The quantitative estimate of drug-likeness (QED) is 0.304. The summed E-state index contributed by atoms with van der Waals surface area (Å²) in [5, 5.41) is 12.7. The van der Waals surface area contributed by atoms with E-state index in [9.17, 15) is 14.9 Å². The van der Waals surface area contributed by atoms with Crippen LogP contribution in [0.4, 0.5) is 5.88 Å². The van der Waals surface area contributed by atoms with Gasteiger partial charge < -0.3 is 9.15 Å². The number of Topliss-reactive ketones (excluding diaryl/α,β-unsaturated/α-hetero) is 1. The second kappa shape index (κ2) is 10.5. The average Bonchev–Trinajstić information content (AvgIpc) is 3.26. The number of carbonyl (C=O) groups excluding carboxylic acids is 2. The first-order valence-electron chi connectivity index (χ1n) is 11.2. The number of ketones is 1. The first-order chi connectivity index (χ1) is 17.0. The van der Waals surface area contributed by atoms with E-state index < -0.39 is 5.91 Å². The van der Waals surface area contributed by atoms with E-state index in [0.29, 0.717) is 22.6 Å². The molecule has 0 aliphatic carbocycles. The normalized spacial score (nSPS) is 10.4. The van der Waals surface area contributed by atoms with Crippen molar-refractivity contribution in [1.29, 1.82) is 5.26 Å². The highest BCUT2D eigenvalue weighted by Crippen LogP contribution is 2.41. The highest BCUT2D eigenvalue weighted by molar-refractivity contribution is 6.02. The van der Waals surface area contributed by atoms with Crippen LogP contribution in [0.2, 0.25) is 0 Å². The topological polar surface area (TPSA) is 92.3 Å². The van der Waals surface area contributed by atoms with Gasteiger partial charge in [0.05, 0.1) is 12.7 Å². The molecule has 4 rings (SSSR count). The standard InChI is InChI=1S/C29H24N2O4/c1-19-13-15-25(34-2)22(17-19)24(32)14-16-26(33)31-29-23(18-30)27(20-9-5-3-6-10-20)28(35-29)21-11-7-4-8-12-21/h3-13,15,17H,14,16H2,1-2H3,(H,31,33). The van der Waals surface area contributed by atoms with E-state index in [0.717, 1.165) is 16.7 Å². The summed E-state index contributed by atoms with van der Waals surface area (Å²) < 4.78 is 11.3. The minimum absolute atomic E-state index is 0.00860. The van der Waals surface area contributed by atoms with Crippen molar-refractivity contribution in [3.8, 4) is 34.3 Å². The number of benzene rings is 3. The summed E-state index contributed by atoms with van der Waals surface area (Å²) in [6.07, 6.45) is -0.0752. The summed E-state index contributed by atoms with van der Waals surface area (Å²) in [6.45, 7) is 1.89. The van der Waals surface area contributed by atoms with Gasteiger partial charge in [0.1, 0.15) is 23.1 Å². The van der Waals surface area contributed by atoms with Crippen LogP contribution in [-0.4, -0.2) is 18.8 Å². The summed E-state index contributed by atoms with van der Waals surface area (Å²) in [7, 11) is 1.50. The molecule has 0 spiro atoms. The van der Waals surface area contributed by atoms with Crippen molar-refractivity contribution in [2.75, 3.05) is 12.4 Å². The predicted octanol–water partition coefficient (Wildman–Crippen LogP) is 6.40. The van der Waals surface area contributed by atoms with Gasteiger partial charge >= 0.3 is 0 Å². The van der Waals surface area contributed by atoms with E-state index in [-0.39, 0.29) is 30.1 Å². The number of anilines is 1. The third-order valence-electron chi connectivity index (χ3n) is 5.61. The lowest BCUT2D eigenvalue weighted by molar-refractivity contribution is -0.116. The average molecular weight is 465 g/mol. The van der Waals surface area contributed by atoms with Crippen LogP contribution in [0.15, 0.2) is 83.3 Å². The number of aryl methyl sites for hydroxylation is 1. The van der Waals surface area contributed by atoms with Crippen molar-refractivity contribution in [3.05, 3.63) is 95.6 Å². The number of methoxy groups -OCH3 is 1. The van der Waals surface area contributed by atoms with Crippen LogP contribution in [0.3, 0.4) is 0 Å². The largest absolute Gasteiger partial charge is 0.496 e. The summed E-state index contributed by atoms with van der Waals surface area (Å²) in [5.41, 5.74) is 3.78. The second-order valence-corrected chi connectivity index (χ2v) is 8.03. The van der Waals surface area contributed by atoms with Gasteiger partial charge in [0.2, 0.25) is 11.8 Å². The van der Waals surface area contributed by atoms with Gasteiger partial charge in [0.15, 0.2) is 5.78 Å². The molecule has 4 aromatic rings. The van der Waals surface area contributed by atoms with Gasteiger partial charge in [-0.1, -0.05) is 72.3 Å². The molecule has 174 valence electrons. The fourth-order valence-electron chi connectivity index (χ4n) is 3.89. The lowest BCUT2D eigenvalue weighted by Gasteiger charge is -2.08. The molecule has 0 aliphatic heterocycles. The molecule has 0 saturated carbocycles.